The molecule has 1 aliphatic carbocycles. The van der Waals surface area contributed by atoms with E-state index in [1.165, 1.54) is 36.3 Å². The predicted molar refractivity (Wildman–Crippen MR) is 55.5 cm³/mol. The Morgan fingerprint density at radius 3 is 2.36 bits per heavy atom. The summed E-state index contributed by atoms with van der Waals surface area (Å²) in [6, 6.07) is 0. The molecule has 0 unspecified atom stereocenters. The molecule has 1 aliphatic heterocycles. The molecule has 0 radical (unpaired) electrons. The lowest BCUT2D eigenvalue weighted by Crippen LogP contribution is -2.19. The fourth-order valence-electron chi connectivity index (χ4n) is 2.31. The van der Waals surface area contributed by atoms with Crippen LogP contribution in [0, 0.1) is 0 Å². The number of hydrogen-bond acceptors (Lipinski definition) is 3. The predicted octanol–water partition coefficient (Wildman–Crippen LogP) is 1.71. The van der Waals surface area contributed by atoms with Gasteiger partial charge in [0, 0.05) is 6.54 Å². The summed E-state index contributed by atoms with van der Waals surface area (Å²) in [7, 11) is 0. The number of hydrogen-bond donors (Lipinski definition) is 1. The van der Waals surface area contributed by atoms with E-state index in [9.17, 15) is 0 Å². The number of anilines is 1. The van der Waals surface area contributed by atoms with E-state index >= 15 is 0 Å². The molecule has 0 amide bonds. The molecule has 1 N–H and O–H groups in total. The molecule has 0 saturated heterocycles. The first-order valence-corrected chi connectivity index (χ1v) is 5.56. The maximum Gasteiger partial charge on any atom is 0.148 e. The lowest BCUT2D eigenvalue weighted by atomic mass is 10.00. The summed E-state index contributed by atoms with van der Waals surface area (Å²) in [6.07, 6.45) is 7.12. The van der Waals surface area contributed by atoms with E-state index in [0.717, 1.165) is 31.6 Å². The van der Waals surface area contributed by atoms with E-state index in [1.54, 1.807) is 0 Å². The van der Waals surface area contributed by atoms with Crippen molar-refractivity contribution in [3.05, 3.63) is 17.1 Å². The zero-order valence-electron chi connectivity index (χ0n) is 8.34. The van der Waals surface area contributed by atoms with Crippen molar-refractivity contribution in [2.75, 3.05) is 11.9 Å². The second-order valence-electron chi connectivity index (χ2n) is 4.15. The van der Waals surface area contributed by atoms with Crippen LogP contribution in [0.5, 0.6) is 0 Å². The van der Waals surface area contributed by atoms with Gasteiger partial charge in [0.2, 0.25) is 0 Å². The average Bonchev–Trinajstić information content (AvgIpc) is 2.26. The van der Waals surface area contributed by atoms with Crippen molar-refractivity contribution in [2.24, 2.45) is 0 Å². The fraction of sp³-hybridized carbons (Fsp3) is 0.636. The van der Waals surface area contributed by atoms with Crippen LogP contribution in [-0.4, -0.2) is 16.5 Å². The molecule has 0 saturated carbocycles. The number of nitrogens with zero attached hydrogens (tertiary/aromatic N) is 2. The van der Waals surface area contributed by atoms with Crippen LogP contribution in [0.3, 0.4) is 0 Å². The Kier molecular flexibility index (Phi) is 1.89. The zero-order valence-corrected chi connectivity index (χ0v) is 8.34. The minimum atomic E-state index is 1.05. The van der Waals surface area contributed by atoms with Gasteiger partial charge in [0.25, 0.3) is 0 Å². The molecule has 3 nitrogen and oxygen atoms in total. The molecule has 0 atom stereocenters. The van der Waals surface area contributed by atoms with Crippen LogP contribution in [0.1, 0.15) is 36.3 Å². The van der Waals surface area contributed by atoms with Crippen LogP contribution < -0.4 is 5.32 Å². The van der Waals surface area contributed by atoms with Crippen LogP contribution in [-0.2, 0) is 19.3 Å². The molecule has 0 bridgehead atoms. The van der Waals surface area contributed by atoms with E-state index in [1.807, 2.05) is 0 Å². The first-order valence-electron chi connectivity index (χ1n) is 5.56. The van der Waals surface area contributed by atoms with Crippen LogP contribution in [0.25, 0.3) is 0 Å². The lowest BCUT2D eigenvalue weighted by Gasteiger charge is -2.21. The minimum absolute atomic E-state index is 1.05. The van der Waals surface area contributed by atoms with Crippen molar-refractivity contribution in [2.45, 2.75) is 38.5 Å². The van der Waals surface area contributed by atoms with E-state index in [-0.39, 0.29) is 0 Å². The van der Waals surface area contributed by atoms with Gasteiger partial charge >= 0.3 is 0 Å². The van der Waals surface area contributed by atoms with Gasteiger partial charge in [-0.1, -0.05) is 0 Å². The first-order chi connectivity index (χ1) is 6.93. The third kappa shape index (κ3) is 1.27. The molecule has 0 aromatic carbocycles. The normalized spacial score (nSPS) is 19.4. The molecule has 3 rings (SSSR count). The van der Waals surface area contributed by atoms with E-state index < -0.39 is 0 Å². The number of nitrogens with one attached hydrogen (secondary N) is 1. The molecule has 2 aliphatic rings. The van der Waals surface area contributed by atoms with Crippen molar-refractivity contribution in [3.8, 4) is 0 Å². The van der Waals surface area contributed by atoms with Crippen molar-refractivity contribution >= 4 is 5.82 Å². The van der Waals surface area contributed by atoms with E-state index in [4.69, 9.17) is 4.98 Å². The van der Waals surface area contributed by atoms with Gasteiger partial charge < -0.3 is 5.32 Å². The molecular weight excluding hydrogens is 174 g/mol. The van der Waals surface area contributed by atoms with Gasteiger partial charge in [0.15, 0.2) is 0 Å². The van der Waals surface area contributed by atoms with Gasteiger partial charge in [0.1, 0.15) is 5.82 Å². The van der Waals surface area contributed by atoms with E-state index in [2.05, 4.69) is 10.3 Å². The summed E-state index contributed by atoms with van der Waals surface area (Å²) >= 11 is 0. The maximum absolute atomic E-state index is 4.73. The first kappa shape index (κ1) is 8.21. The van der Waals surface area contributed by atoms with Gasteiger partial charge in [0.05, 0.1) is 17.1 Å². The Labute approximate surface area is 84.0 Å². The Morgan fingerprint density at radius 1 is 0.786 bits per heavy atom. The highest BCUT2D eigenvalue weighted by atomic mass is 15.0. The summed E-state index contributed by atoms with van der Waals surface area (Å²) in [6.45, 7) is 1.06. The van der Waals surface area contributed by atoms with E-state index in [0.29, 0.717) is 0 Å². The van der Waals surface area contributed by atoms with Crippen molar-refractivity contribution in [3.63, 3.8) is 0 Å². The molecule has 14 heavy (non-hydrogen) atoms. The molecular formula is C11H15N3. The molecule has 3 heteroatoms. The quantitative estimate of drug-likeness (QED) is 0.675. The number of aromatic nitrogens is 2. The summed E-state index contributed by atoms with van der Waals surface area (Å²) in [5.41, 5.74) is 3.69. The van der Waals surface area contributed by atoms with Gasteiger partial charge in [-0.05, 0) is 38.5 Å². The number of fused-ring (bicyclic) bond motifs is 2. The standard InChI is InChI=1S/C11H15N3/c1-2-5-9-8(4-1)13-10-6-3-7-12-11(10)14-9/h1-7H2,(H,12,14). The smallest absolute Gasteiger partial charge is 0.148 e. The second-order valence-corrected chi connectivity index (χ2v) is 4.15. The monoisotopic (exact) mass is 189 g/mol. The van der Waals surface area contributed by atoms with Crippen molar-refractivity contribution in [1.82, 2.24) is 9.97 Å². The second kappa shape index (κ2) is 3.23. The summed E-state index contributed by atoms with van der Waals surface area (Å²) in [5.74, 6) is 1.05. The maximum atomic E-state index is 4.73. The number of rotatable bonds is 0. The van der Waals surface area contributed by atoms with Gasteiger partial charge in [-0.25, -0.2) is 4.98 Å². The minimum Gasteiger partial charge on any atom is -0.369 e. The Bertz CT molecular complexity index is 294. The van der Waals surface area contributed by atoms with Crippen LogP contribution in [0.4, 0.5) is 5.82 Å². The lowest BCUT2D eigenvalue weighted by molar-refractivity contribution is 0.636. The molecule has 2 heterocycles. The Balaban J connectivity index is 2.06. The third-order valence-electron chi connectivity index (χ3n) is 3.08. The van der Waals surface area contributed by atoms with Crippen LogP contribution in [0.2, 0.25) is 0 Å². The Hall–Kier alpha value is -1.12. The summed E-state index contributed by atoms with van der Waals surface area (Å²) in [5, 5.41) is 3.34. The van der Waals surface area contributed by atoms with Crippen molar-refractivity contribution in [1.29, 1.82) is 0 Å². The fourth-order valence-corrected chi connectivity index (χ4v) is 2.31. The molecule has 0 fully saturated rings. The van der Waals surface area contributed by atoms with Gasteiger partial charge in [-0.3, -0.25) is 4.98 Å². The highest BCUT2D eigenvalue weighted by Crippen LogP contribution is 2.24. The van der Waals surface area contributed by atoms with Crippen LogP contribution in [0.15, 0.2) is 0 Å². The highest BCUT2D eigenvalue weighted by Gasteiger charge is 2.18. The highest BCUT2D eigenvalue weighted by molar-refractivity contribution is 5.44. The summed E-state index contributed by atoms with van der Waals surface area (Å²) < 4.78 is 0. The number of aryl methyl sites for hydroxylation is 3. The molecule has 74 valence electrons. The van der Waals surface area contributed by atoms with Crippen LogP contribution >= 0.6 is 0 Å². The largest absolute Gasteiger partial charge is 0.369 e. The topological polar surface area (TPSA) is 37.8 Å². The third-order valence-corrected chi connectivity index (χ3v) is 3.08. The molecule has 0 spiro atoms. The average molecular weight is 189 g/mol. The van der Waals surface area contributed by atoms with Gasteiger partial charge in [-0.2, -0.15) is 0 Å². The molecule has 1 aromatic heterocycles. The Morgan fingerprint density at radius 2 is 1.50 bits per heavy atom. The van der Waals surface area contributed by atoms with Crippen molar-refractivity contribution < 1.29 is 0 Å². The summed E-state index contributed by atoms with van der Waals surface area (Å²) in [4.78, 5) is 9.41. The SMILES string of the molecule is C1CCc2nc3c(nc2C1)CCCN3. The molecule has 1 aromatic rings. The van der Waals surface area contributed by atoms with Gasteiger partial charge in [-0.15, -0.1) is 0 Å². The zero-order chi connectivity index (χ0) is 9.38.